The van der Waals surface area contributed by atoms with E-state index in [1.165, 1.54) is 23.5 Å². The van der Waals surface area contributed by atoms with Crippen LogP contribution in [0.1, 0.15) is 16.7 Å². The van der Waals surface area contributed by atoms with E-state index in [2.05, 4.69) is 4.98 Å². The van der Waals surface area contributed by atoms with Crippen LogP contribution in [0.25, 0.3) is 22.1 Å². The van der Waals surface area contributed by atoms with Crippen LogP contribution in [0.2, 0.25) is 0 Å². The van der Waals surface area contributed by atoms with Crippen molar-refractivity contribution < 1.29 is 4.39 Å². The monoisotopic (exact) mass is 324 g/mol. The molecule has 0 aliphatic carbocycles. The summed E-state index contributed by atoms with van der Waals surface area (Å²) in [5.74, 6) is -0.290. The number of aryl methyl sites for hydroxylation is 2. The summed E-state index contributed by atoms with van der Waals surface area (Å²) in [5.41, 5.74) is 4.68. The first-order valence-electron chi connectivity index (χ1n) is 7.22. The quantitative estimate of drug-likeness (QED) is 0.539. The van der Waals surface area contributed by atoms with Gasteiger partial charge in [-0.05, 0) is 60.9 Å². The molecule has 5 heteroatoms. The molecular formula is C18H13FN2OS. The average molecular weight is 324 g/mol. The number of benzene rings is 2. The molecule has 2 aromatic heterocycles. The molecule has 0 aliphatic heterocycles. The van der Waals surface area contributed by atoms with Gasteiger partial charge in [-0.25, -0.2) is 13.8 Å². The fourth-order valence-corrected chi connectivity index (χ4v) is 3.62. The smallest absolute Gasteiger partial charge is 0.267 e. The Kier molecular flexibility index (Phi) is 3.06. The third kappa shape index (κ3) is 2.24. The minimum atomic E-state index is -0.290. The number of halogens is 1. The molecule has 0 bridgehead atoms. The first-order chi connectivity index (χ1) is 11.0. The zero-order chi connectivity index (χ0) is 16.1. The molecular weight excluding hydrogens is 311 g/mol. The number of fused-ring (bicyclic) bond motifs is 3. The number of hydrogen-bond donors (Lipinski definition) is 0. The molecule has 0 aliphatic rings. The lowest BCUT2D eigenvalue weighted by atomic mass is 10.1. The van der Waals surface area contributed by atoms with Gasteiger partial charge in [0, 0.05) is 0 Å². The SMILES string of the molecule is Cc1cc2nc3sc(=Cc4ccc(F)cc4)c(=O)n3c2cc1C. The maximum absolute atomic E-state index is 13.0. The highest BCUT2D eigenvalue weighted by molar-refractivity contribution is 7.15. The summed E-state index contributed by atoms with van der Waals surface area (Å²) in [7, 11) is 0. The minimum Gasteiger partial charge on any atom is -0.267 e. The Labute approximate surface area is 135 Å². The summed E-state index contributed by atoms with van der Waals surface area (Å²) in [4.78, 5) is 17.9. The van der Waals surface area contributed by atoms with E-state index in [1.807, 2.05) is 26.0 Å². The number of nitrogens with zero attached hydrogens (tertiary/aromatic N) is 2. The molecule has 23 heavy (non-hydrogen) atoms. The first kappa shape index (κ1) is 14.1. The van der Waals surface area contributed by atoms with Crippen LogP contribution in [0.3, 0.4) is 0 Å². The van der Waals surface area contributed by atoms with Crippen LogP contribution in [0.15, 0.2) is 41.2 Å². The Morgan fingerprint density at radius 1 is 1.13 bits per heavy atom. The zero-order valence-electron chi connectivity index (χ0n) is 12.6. The lowest BCUT2D eigenvalue weighted by Gasteiger charge is -1.98. The van der Waals surface area contributed by atoms with Gasteiger partial charge in [0.1, 0.15) is 5.82 Å². The van der Waals surface area contributed by atoms with Crippen molar-refractivity contribution in [2.24, 2.45) is 0 Å². The van der Waals surface area contributed by atoms with Crippen molar-refractivity contribution >= 4 is 33.4 Å². The predicted molar refractivity (Wildman–Crippen MR) is 91.5 cm³/mol. The molecule has 0 amide bonds. The van der Waals surface area contributed by atoms with Crippen molar-refractivity contribution in [2.75, 3.05) is 0 Å². The number of aromatic nitrogens is 2. The van der Waals surface area contributed by atoms with Crippen molar-refractivity contribution in [3.8, 4) is 0 Å². The predicted octanol–water partition coefficient (Wildman–Crippen LogP) is 3.21. The Hall–Kier alpha value is -2.53. The molecule has 4 rings (SSSR count). The highest BCUT2D eigenvalue weighted by Crippen LogP contribution is 2.20. The summed E-state index contributed by atoms with van der Waals surface area (Å²) >= 11 is 1.35. The van der Waals surface area contributed by atoms with Gasteiger partial charge in [-0.3, -0.25) is 4.79 Å². The van der Waals surface area contributed by atoms with Crippen LogP contribution < -0.4 is 10.1 Å². The minimum absolute atomic E-state index is 0.0833. The number of imidazole rings is 1. The van der Waals surface area contributed by atoms with E-state index in [0.717, 1.165) is 27.7 Å². The summed E-state index contributed by atoms with van der Waals surface area (Å²) in [6, 6.07) is 10.1. The lowest BCUT2D eigenvalue weighted by molar-refractivity contribution is 0.628. The van der Waals surface area contributed by atoms with Crippen molar-refractivity contribution in [3.05, 3.63) is 73.8 Å². The Bertz CT molecular complexity index is 1160. The molecule has 4 aromatic rings. The topological polar surface area (TPSA) is 34.4 Å². The van der Waals surface area contributed by atoms with Gasteiger partial charge in [-0.2, -0.15) is 0 Å². The molecule has 3 nitrogen and oxygen atoms in total. The second-order valence-electron chi connectivity index (χ2n) is 5.62. The van der Waals surface area contributed by atoms with E-state index < -0.39 is 0 Å². The second kappa shape index (κ2) is 4.99. The van der Waals surface area contributed by atoms with E-state index >= 15 is 0 Å². The van der Waals surface area contributed by atoms with Gasteiger partial charge in [0.25, 0.3) is 5.56 Å². The third-order valence-electron chi connectivity index (χ3n) is 4.02. The summed E-state index contributed by atoms with van der Waals surface area (Å²) in [5, 5.41) is 0. The fourth-order valence-electron chi connectivity index (χ4n) is 2.63. The van der Waals surface area contributed by atoms with Gasteiger partial charge in [-0.15, -0.1) is 0 Å². The van der Waals surface area contributed by atoms with E-state index in [9.17, 15) is 9.18 Å². The third-order valence-corrected chi connectivity index (χ3v) is 4.99. The van der Waals surface area contributed by atoms with Crippen LogP contribution in [0, 0.1) is 19.7 Å². The summed E-state index contributed by atoms with van der Waals surface area (Å²) in [6.07, 6.45) is 1.77. The molecule has 0 unspecified atom stereocenters. The van der Waals surface area contributed by atoms with Gasteiger partial charge in [0.2, 0.25) is 0 Å². The van der Waals surface area contributed by atoms with E-state index in [0.29, 0.717) is 9.49 Å². The molecule has 114 valence electrons. The lowest BCUT2D eigenvalue weighted by Crippen LogP contribution is -2.22. The highest BCUT2D eigenvalue weighted by Gasteiger charge is 2.12. The van der Waals surface area contributed by atoms with E-state index in [4.69, 9.17) is 0 Å². The highest BCUT2D eigenvalue weighted by atomic mass is 32.1. The molecule has 0 fully saturated rings. The van der Waals surface area contributed by atoms with Crippen molar-refractivity contribution in [1.82, 2.24) is 9.38 Å². The largest absolute Gasteiger partial charge is 0.274 e. The molecule has 2 aromatic carbocycles. The van der Waals surface area contributed by atoms with Gasteiger partial charge >= 0.3 is 0 Å². The fraction of sp³-hybridized carbons (Fsp3) is 0.111. The molecule has 0 saturated heterocycles. The van der Waals surface area contributed by atoms with Crippen LogP contribution in [-0.2, 0) is 0 Å². The van der Waals surface area contributed by atoms with Gasteiger partial charge in [0.05, 0.1) is 15.6 Å². The van der Waals surface area contributed by atoms with Crippen LogP contribution in [-0.4, -0.2) is 9.38 Å². The van der Waals surface area contributed by atoms with Gasteiger partial charge < -0.3 is 0 Å². The standard InChI is InChI=1S/C18H13FN2OS/c1-10-7-14-15(8-11(10)2)21-17(22)16(23-18(21)20-14)9-12-3-5-13(19)6-4-12/h3-9H,1-2H3. The average Bonchev–Trinajstić information content (AvgIpc) is 3.00. The van der Waals surface area contributed by atoms with Crippen LogP contribution in [0.4, 0.5) is 4.39 Å². The van der Waals surface area contributed by atoms with Crippen molar-refractivity contribution in [2.45, 2.75) is 13.8 Å². The van der Waals surface area contributed by atoms with Crippen LogP contribution >= 0.6 is 11.3 Å². The number of rotatable bonds is 1. The number of hydrogen-bond acceptors (Lipinski definition) is 3. The van der Waals surface area contributed by atoms with Gasteiger partial charge in [-0.1, -0.05) is 23.5 Å². The maximum atomic E-state index is 13.0. The molecule has 0 N–H and O–H groups in total. The summed E-state index contributed by atoms with van der Waals surface area (Å²) < 4.78 is 15.2. The second-order valence-corrected chi connectivity index (χ2v) is 6.63. The van der Waals surface area contributed by atoms with E-state index in [-0.39, 0.29) is 11.4 Å². The van der Waals surface area contributed by atoms with Crippen molar-refractivity contribution in [1.29, 1.82) is 0 Å². The molecule has 0 spiro atoms. The van der Waals surface area contributed by atoms with E-state index in [1.54, 1.807) is 22.6 Å². The maximum Gasteiger partial charge on any atom is 0.274 e. The molecule has 0 atom stereocenters. The normalized spacial score (nSPS) is 12.6. The molecule has 0 saturated carbocycles. The molecule has 2 heterocycles. The Morgan fingerprint density at radius 2 is 1.83 bits per heavy atom. The zero-order valence-corrected chi connectivity index (χ0v) is 13.4. The Balaban J connectivity index is 2.00. The number of thiazole rings is 1. The first-order valence-corrected chi connectivity index (χ1v) is 8.04. The van der Waals surface area contributed by atoms with Gasteiger partial charge in [0.15, 0.2) is 4.96 Å². The Morgan fingerprint density at radius 3 is 2.57 bits per heavy atom. The van der Waals surface area contributed by atoms with Crippen LogP contribution in [0.5, 0.6) is 0 Å². The molecule has 0 radical (unpaired) electrons. The summed E-state index contributed by atoms with van der Waals surface area (Å²) in [6.45, 7) is 4.06. The van der Waals surface area contributed by atoms with Crippen molar-refractivity contribution in [3.63, 3.8) is 0 Å².